The third-order valence-electron chi connectivity index (χ3n) is 3.49. The first-order valence-corrected chi connectivity index (χ1v) is 7.23. The van der Waals surface area contributed by atoms with Crippen molar-refractivity contribution in [3.8, 4) is 0 Å². The Morgan fingerprint density at radius 3 is 2.32 bits per heavy atom. The van der Waals surface area contributed by atoms with Crippen molar-refractivity contribution in [2.45, 2.75) is 53.5 Å². The fraction of sp³-hybridized carbons (Fsp3) is 0.867. The third-order valence-corrected chi connectivity index (χ3v) is 3.49. The van der Waals surface area contributed by atoms with E-state index < -0.39 is 11.4 Å². The summed E-state index contributed by atoms with van der Waals surface area (Å²) in [4.78, 5) is 26.4. The van der Waals surface area contributed by atoms with Crippen molar-refractivity contribution in [2.24, 2.45) is 11.3 Å². The van der Waals surface area contributed by atoms with Crippen LogP contribution in [0.5, 0.6) is 0 Å². The van der Waals surface area contributed by atoms with Crippen LogP contribution in [0.2, 0.25) is 0 Å². The van der Waals surface area contributed by atoms with Crippen LogP contribution in [0.25, 0.3) is 0 Å². The second kappa shape index (κ2) is 6.51. The number of carbonyl (C=O) groups is 2. The molecule has 110 valence electrons. The lowest BCUT2D eigenvalue weighted by Gasteiger charge is -2.28. The largest absolute Gasteiger partial charge is 0.465 e. The van der Waals surface area contributed by atoms with E-state index in [1.54, 1.807) is 20.8 Å². The second-order valence-electron chi connectivity index (χ2n) is 6.32. The molecule has 4 nitrogen and oxygen atoms in total. The zero-order chi connectivity index (χ0) is 14.6. The van der Waals surface area contributed by atoms with Gasteiger partial charge in [-0.3, -0.25) is 14.5 Å². The smallest absolute Gasteiger partial charge is 0.319 e. The van der Waals surface area contributed by atoms with E-state index in [0.29, 0.717) is 25.1 Å². The van der Waals surface area contributed by atoms with Crippen LogP contribution in [0.1, 0.15) is 47.5 Å². The molecule has 0 amide bonds. The third kappa shape index (κ3) is 4.60. The highest BCUT2D eigenvalue weighted by Crippen LogP contribution is 2.29. The van der Waals surface area contributed by atoms with Gasteiger partial charge in [0, 0.05) is 12.6 Å². The van der Waals surface area contributed by atoms with E-state index in [0.717, 1.165) is 6.54 Å². The SMILES string of the molecule is CCOC(=O)C(C)(C)C(=O)CN(CC(C)C)C1CC1. The molecule has 0 aromatic rings. The Morgan fingerprint density at radius 2 is 1.89 bits per heavy atom. The van der Waals surface area contributed by atoms with Crippen molar-refractivity contribution in [1.82, 2.24) is 4.90 Å². The van der Waals surface area contributed by atoms with Crippen LogP contribution >= 0.6 is 0 Å². The first-order valence-electron chi connectivity index (χ1n) is 7.23. The normalized spacial score (nSPS) is 15.9. The Morgan fingerprint density at radius 1 is 1.32 bits per heavy atom. The van der Waals surface area contributed by atoms with E-state index in [1.807, 2.05) is 0 Å². The van der Waals surface area contributed by atoms with Gasteiger partial charge in [-0.2, -0.15) is 0 Å². The maximum Gasteiger partial charge on any atom is 0.319 e. The summed E-state index contributed by atoms with van der Waals surface area (Å²) in [6.07, 6.45) is 2.33. The number of Topliss-reactive ketones (excluding diaryl/α,β-unsaturated/α-hetero) is 1. The molecule has 0 saturated heterocycles. The van der Waals surface area contributed by atoms with Crippen LogP contribution in [-0.2, 0) is 14.3 Å². The Bertz CT molecular complexity index is 332. The average Bonchev–Trinajstić information content (AvgIpc) is 3.11. The lowest BCUT2D eigenvalue weighted by Crippen LogP contribution is -2.44. The van der Waals surface area contributed by atoms with Gasteiger partial charge in [0.2, 0.25) is 0 Å². The molecule has 0 heterocycles. The number of rotatable bonds is 8. The van der Waals surface area contributed by atoms with E-state index >= 15 is 0 Å². The Labute approximate surface area is 116 Å². The van der Waals surface area contributed by atoms with Crippen molar-refractivity contribution < 1.29 is 14.3 Å². The van der Waals surface area contributed by atoms with E-state index in [-0.39, 0.29) is 5.78 Å². The van der Waals surface area contributed by atoms with Crippen LogP contribution in [0, 0.1) is 11.3 Å². The van der Waals surface area contributed by atoms with Crippen molar-refractivity contribution in [2.75, 3.05) is 19.7 Å². The molecule has 1 aliphatic rings. The second-order valence-corrected chi connectivity index (χ2v) is 6.32. The molecule has 1 fully saturated rings. The Balaban J connectivity index is 2.62. The summed E-state index contributed by atoms with van der Waals surface area (Å²) in [5.41, 5.74) is -1.04. The van der Waals surface area contributed by atoms with Gasteiger partial charge in [-0.1, -0.05) is 13.8 Å². The summed E-state index contributed by atoms with van der Waals surface area (Å²) in [6.45, 7) is 11.0. The number of carbonyl (C=O) groups excluding carboxylic acids is 2. The minimum Gasteiger partial charge on any atom is -0.465 e. The molecule has 0 bridgehead atoms. The zero-order valence-corrected chi connectivity index (χ0v) is 12.9. The van der Waals surface area contributed by atoms with Gasteiger partial charge in [0.25, 0.3) is 0 Å². The summed E-state index contributed by atoms with van der Waals surface area (Å²) in [6, 6.07) is 0.532. The van der Waals surface area contributed by atoms with Gasteiger partial charge < -0.3 is 4.74 Å². The minimum atomic E-state index is -1.04. The minimum absolute atomic E-state index is 0.0431. The molecule has 1 aliphatic carbocycles. The number of hydrogen-bond acceptors (Lipinski definition) is 4. The molecule has 0 N–H and O–H groups in total. The highest BCUT2D eigenvalue weighted by atomic mass is 16.5. The van der Waals surface area contributed by atoms with Crippen molar-refractivity contribution in [3.05, 3.63) is 0 Å². The van der Waals surface area contributed by atoms with Gasteiger partial charge >= 0.3 is 5.97 Å². The molecular formula is C15H27NO3. The lowest BCUT2D eigenvalue weighted by atomic mass is 9.87. The number of nitrogens with zero attached hydrogens (tertiary/aromatic N) is 1. The highest BCUT2D eigenvalue weighted by molar-refractivity contribution is 6.03. The van der Waals surface area contributed by atoms with Crippen LogP contribution in [0.4, 0.5) is 0 Å². The predicted octanol–water partition coefficient (Wildman–Crippen LogP) is 2.27. The van der Waals surface area contributed by atoms with E-state index in [4.69, 9.17) is 4.74 Å². The topological polar surface area (TPSA) is 46.6 Å². The maximum absolute atomic E-state index is 12.4. The number of esters is 1. The fourth-order valence-corrected chi connectivity index (χ4v) is 2.06. The summed E-state index contributed by atoms with van der Waals surface area (Å²) in [5, 5.41) is 0. The van der Waals surface area contributed by atoms with Crippen molar-refractivity contribution in [1.29, 1.82) is 0 Å². The summed E-state index contributed by atoms with van der Waals surface area (Å²) in [7, 11) is 0. The molecule has 0 spiro atoms. The van der Waals surface area contributed by atoms with E-state index in [9.17, 15) is 9.59 Å². The molecule has 1 rings (SSSR count). The number of hydrogen-bond donors (Lipinski definition) is 0. The van der Waals surface area contributed by atoms with Crippen molar-refractivity contribution in [3.63, 3.8) is 0 Å². The van der Waals surface area contributed by atoms with E-state index in [2.05, 4.69) is 18.7 Å². The van der Waals surface area contributed by atoms with Crippen LogP contribution in [0.15, 0.2) is 0 Å². The fourth-order valence-electron chi connectivity index (χ4n) is 2.06. The van der Waals surface area contributed by atoms with Crippen molar-refractivity contribution >= 4 is 11.8 Å². The van der Waals surface area contributed by atoms with Crippen LogP contribution in [-0.4, -0.2) is 42.4 Å². The molecule has 0 aromatic heterocycles. The maximum atomic E-state index is 12.4. The number of ketones is 1. The molecule has 19 heavy (non-hydrogen) atoms. The van der Waals surface area contributed by atoms with Gasteiger partial charge in [0.1, 0.15) is 5.41 Å². The molecule has 0 unspecified atom stereocenters. The van der Waals surface area contributed by atoms with Gasteiger partial charge in [0.05, 0.1) is 13.2 Å². The molecule has 0 aliphatic heterocycles. The number of ether oxygens (including phenoxy) is 1. The van der Waals surface area contributed by atoms with Gasteiger partial charge in [-0.05, 0) is 39.5 Å². The first kappa shape index (κ1) is 16.2. The van der Waals surface area contributed by atoms with Crippen LogP contribution < -0.4 is 0 Å². The van der Waals surface area contributed by atoms with Gasteiger partial charge in [0.15, 0.2) is 5.78 Å². The quantitative estimate of drug-likeness (QED) is 0.501. The molecular weight excluding hydrogens is 242 g/mol. The molecule has 0 radical (unpaired) electrons. The summed E-state index contributed by atoms with van der Waals surface area (Å²) < 4.78 is 4.99. The Kier molecular flexibility index (Phi) is 5.53. The Hall–Kier alpha value is -0.900. The van der Waals surface area contributed by atoms with Gasteiger partial charge in [-0.15, -0.1) is 0 Å². The molecule has 0 aromatic carbocycles. The van der Waals surface area contributed by atoms with E-state index in [1.165, 1.54) is 12.8 Å². The lowest BCUT2D eigenvalue weighted by molar-refractivity contribution is -0.158. The monoisotopic (exact) mass is 269 g/mol. The zero-order valence-electron chi connectivity index (χ0n) is 12.9. The standard InChI is InChI=1S/C15H27NO3/c1-6-19-14(18)15(4,5)13(17)10-16(9-11(2)3)12-7-8-12/h11-12H,6-10H2,1-5H3. The van der Waals surface area contributed by atoms with Gasteiger partial charge in [-0.25, -0.2) is 0 Å². The first-order chi connectivity index (χ1) is 8.78. The summed E-state index contributed by atoms with van der Waals surface area (Å²) >= 11 is 0. The molecule has 4 heteroatoms. The van der Waals surface area contributed by atoms with Crippen LogP contribution in [0.3, 0.4) is 0 Å². The molecule has 0 atom stereocenters. The average molecular weight is 269 g/mol. The highest BCUT2D eigenvalue weighted by Gasteiger charge is 2.40. The molecule has 1 saturated carbocycles. The summed E-state index contributed by atoms with van der Waals surface area (Å²) in [5.74, 6) is 0.0675. The predicted molar refractivity (Wildman–Crippen MR) is 74.9 cm³/mol.